The first-order chi connectivity index (χ1) is 9.90. The van der Waals surface area contributed by atoms with Crippen molar-refractivity contribution in [3.8, 4) is 5.88 Å². The van der Waals surface area contributed by atoms with Crippen LogP contribution in [0.2, 0.25) is 0 Å². The number of rotatable bonds is 5. The molecule has 0 aliphatic carbocycles. The van der Waals surface area contributed by atoms with Gasteiger partial charge in [-0.2, -0.15) is 0 Å². The van der Waals surface area contributed by atoms with Gasteiger partial charge in [-0.3, -0.25) is 0 Å². The predicted molar refractivity (Wildman–Crippen MR) is 80.4 cm³/mol. The van der Waals surface area contributed by atoms with E-state index >= 15 is 0 Å². The standard InChI is InChI=1S/C14H17N3O3S/c1-10-5-12(15)7-13(6-10)21(18,19)17-9-11-3-4-14(20-2)16-8-11/h3-8,17H,9,15H2,1-2H3. The van der Waals surface area contributed by atoms with Crippen LogP contribution in [-0.4, -0.2) is 20.5 Å². The van der Waals surface area contributed by atoms with Gasteiger partial charge in [0.15, 0.2) is 0 Å². The van der Waals surface area contributed by atoms with Crippen LogP contribution in [-0.2, 0) is 16.6 Å². The average molecular weight is 307 g/mol. The number of nitrogens with zero attached hydrogens (tertiary/aromatic N) is 1. The number of benzene rings is 1. The van der Waals surface area contributed by atoms with Crippen molar-refractivity contribution < 1.29 is 13.2 Å². The number of hydrogen-bond acceptors (Lipinski definition) is 5. The maximum absolute atomic E-state index is 12.2. The van der Waals surface area contributed by atoms with Gasteiger partial charge < -0.3 is 10.5 Å². The Hall–Kier alpha value is -2.12. The van der Waals surface area contributed by atoms with Crippen LogP contribution in [0.4, 0.5) is 5.69 Å². The molecule has 0 bridgehead atoms. The number of aromatic nitrogens is 1. The van der Waals surface area contributed by atoms with Gasteiger partial charge in [-0.15, -0.1) is 0 Å². The van der Waals surface area contributed by atoms with Crippen molar-refractivity contribution in [3.63, 3.8) is 0 Å². The number of nitrogens with one attached hydrogen (secondary N) is 1. The van der Waals surface area contributed by atoms with Crippen molar-refractivity contribution >= 4 is 15.7 Å². The Kier molecular flexibility index (Phi) is 4.44. The third kappa shape index (κ3) is 3.93. The van der Waals surface area contributed by atoms with E-state index in [0.717, 1.165) is 11.1 Å². The molecule has 0 saturated carbocycles. The Balaban J connectivity index is 2.13. The van der Waals surface area contributed by atoms with E-state index in [4.69, 9.17) is 10.5 Å². The van der Waals surface area contributed by atoms with E-state index in [9.17, 15) is 8.42 Å². The van der Waals surface area contributed by atoms with Crippen molar-refractivity contribution in [1.82, 2.24) is 9.71 Å². The second-order valence-electron chi connectivity index (χ2n) is 4.61. The minimum absolute atomic E-state index is 0.146. The van der Waals surface area contributed by atoms with Crippen molar-refractivity contribution in [2.24, 2.45) is 0 Å². The summed E-state index contributed by atoms with van der Waals surface area (Å²) >= 11 is 0. The fourth-order valence-electron chi connectivity index (χ4n) is 1.83. The lowest BCUT2D eigenvalue weighted by Gasteiger charge is -2.09. The molecule has 6 nitrogen and oxygen atoms in total. The molecule has 0 fully saturated rings. The van der Waals surface area contributed by atoms with Crippen LogP contribution in [0, 0.1) is 6.92 Å². The summed E-state index contributed by atoms with van der Waals surface area (Å²) in [6, 6.07) is 8.15. The van der Waals surface area contributed by atoms with E-state index in [1.807, 2.05) is 0 Å². The predicted octanol–water partition coefficient (Wildman–Crippen LogP) is 1.46. The second-order valence-corrected chi connectivity index (χ2v) is 6.38. The smallest absolute Gasteiger partial charge is 0.240 e. The third-order valence-corrected chi connectivity index (χ3v) is 4.24. The number of methoxy groups -OCH3 is 1. The third-order valence-electron chi connectivity index (χ3n) is 2.86. The van der Waals surface area contributed by atoms with Crippen LogP contribution in [0.15, 0.2) is 41.4 Å². The largest absolute Gasteiger partial charge is 0.481 e. The van der Waals surface area contributed by atoms with Crippen LogP contribution >= 0.6 is 0 Å². The molecule has 0 saturated heterocycles. The van der Waals surface area contributed by atoms with Crippen LogP contribution < -0.4 is 15.2 Å². The topological polar surface area (TPSA) is 94.3 Å². The summed E-state index contributed by atoms with van der Waals surface area (Å²) in [5.74, 6) is 0.480. The summed E-state index contributed by atoms with van der Waals surface area (Å²) in [7, 11) is -2.09. The maximum Gasteiger partial charge on any atom is 0.240 e. The molecule has 0 aliphatic rings. The summed E-state index contributed by atoms with van der Waals surface area (Å²) in [6.45, 7) is 1.94. The summed E-state index contributed by atoms with van der Waals surface area (Å²) < 4.78 is 31.9. The van der Waals surface area contributed by atoms with Crippen molar-refractivity contribution in [3.05, 3.63) is 47.7 Å². The minimum atomic E-state index is -3.61. The Labute approximate surface area is 124 Å². The van der Waals surface area contributed by atoms with Gasteiger partial charge in [0.2, 0.25) is 15.9 Å². The molecule has 7 heteroatoms. The summed E-state index contributed by atoms with van der Waals surface area (Å²) in [5, 5.41) is 0. The molecule has 0 unspecified atom stereocenters. The molecule has 1 aromatic carbocycles. The number of nitrogens with two attached hydrogens (primary N) is 1. The normalized spacial score (nSPS) is 11.3. The van der Waals surface area contributed by atoms with Crippen molar-refractivity contribution in [1.29, 1.82) is 0 Å². The lowest BCUT2D eigenvalue weighted by molar-refractivity contribution is 0.397. The van der Waals surface area contributed by atoms with Crippen molar-refractivity contribution in [2.45, 2.75) is 18.4 Å². The quantitative estimate of drug-likeness (QED) is 0.816. The van der Waals surface area contributed by atoms with Crippen LogP contribution in [0.25, 0.3) is 0 Å². The van der Waals surface area contributed by atoms with Gasteiger partial charge in [-0.25, -0.2) is 18.1 Å². The molecule has 2 rings (SSSR count). The molecule has 0 spiro atoms. The molecule has 112 valence electrons. The van der Waals surface area contributed by atoms with Gasteiger partial charge in [-0.1, -0.05) is 6.07 Å². The zero-order valence-corrected chi connectivity index (χ0v) is 12.6. The van der Waals surface area contributed by atoms with Gasteiger partial charge in [0.1, 0.15) is 0 Å². The Bertz CT molecular complexity index is 707. The zero-order chi connectivity index (χ0) is 15.5. The van der Waals surface area contributed by atoms with Crippen LogP contribution in [0.1, 0.15) is 11.1 Å². The van der Waals surface area contributed by atoms with E-state index in [1.54, 1.807) is 37.4 Å². The van der Waals surface area contributed by atoms with Crippen LogP contribution in [0.5, 0.6) is 5.88 Å². The van der Waals surface area contributed by atoms with E-state index in [2.05, 4.69) is 9.71 Å². The van der Waals surface area contributed by atoms with Gasteiger partial charge in [0, 0.05) is 24.5 Å². The Morgan fingerprint density at radius 2 is 2.05 bits per heavy atom. The SMILES string of the molecule is COc1ccc(CNS(=O)(=O)c2cc(C)cc(N)c2)cn1. The minimum Gasteiger partial charge on any atom is -0.481 e. The number of sulfonamides is 1. The second kappa shape index (κ2) is 6.11. The number of aryl methyl sites for hydroxylation is 1. The van der Waals surface area contributed by atoms with Crippen molar-refractivity contribution in [2.75, 3.05) is 12.8 Å². The number of pyridine rings is 1. The fraction of sp³-hybridized carbons (Fsp3) is 0.214. The molecular formula is C14H17N3O3S. The van der Waals surface area contributed by atoms with E-state index in [1.165, 1.54) is 13.2 Å². The monoisotopic (exact) mass is 307 g/mol. The maximum atomic E-state index is 12.2. The first kappa shape index (κ1) is 15.3. The molecule has 1 aromatic heterocycles. The first-order valence-corrected chi connectivity index (χ1v) is 7.75. The zero-order valence-electron chi connectivity index (χ0n) is 11.8. The summed E-state index contributed by atoms with van der Waals surface area (Å²) in [5.41, 5.74) is 7.63. The number of hydrogen-bond donors (Lipinski definition) is 2. The van der Waals surface area contributed by atoms with E-state index < -0.39 is 10.0 Å². The van der Waals surface area contributed by atoms with Gasteiger partial charge in [0.05, 0.1) is 12.0 Å². The lowest BCUT2D eigenvalue weighted by Crippen LogP contribution is -2.23. The summed E-state index contributed by atoms with van der Waals surface area (Å²) in [6.07, 6.45) is 1.56. The van der Waals surface area contributed by atoms with Gasteiger partial charge >= 0.3 is 0 Å². The Morgan fingerprint density at radius 3 is 2.62 bits per heavy atom. The highest BCUT2D eigenvalue weighted by Gasteiger charge is 2.14. The van der Waals surface area contributed by atoms with Gasteiger partial charge in [-0.05, 0) is 36.2 Å². The molecule has 2 aromatic rings. The fourth-order valence-corrected chi connectivity index (χ4v) is 2.99. The molecule has 1 heterocycles. The Morgan fingerprint density at radius 1 is 1.29 bits per heavy atom. The van der Waals surface area contributed by atoms with E-state index in [-0.39, 0.29) is 11.4 Å². The number of ether oxygens (including phenoxy) is 1. The van der Waals surface area contributed by atoms with Crippen LogP contribution in [0.3, 0.4) is 0 Å². The van der Waals surface area contributed by atoms with Gasteiger partial charge in [0.25, 0.3) is 0 Å². The molecule has 0 amide bonds. The highest BCUT2D eigenvalue weighted by molar-refractivity contribution is 7.89. The molecule has 0 radical (unpaired) electrons. The lowest BCUT2D eigenvalue weighted by atomic mass is 10.2. The number of anilines is 1. The molecular weight excluding hydrogens is 290 g/mol. The number of nitrogen functional groups attached to an aromatic ring is 1. The van der Waals surface area contributed by atoms with E-state index in [0.29, 0.717) is 11.6 Å². The first-order valence-electron chi connectivity index (χ1n) is 6.26. The summed E-state index contributed by atoms with van der Waals surface area (Å²) in [4.78, 5) is 4.18. The highest BCUT2D eigenvalue weighted by Crippen LogP contribution is 2.16. The highest BCUT2D eigenvalue weighted by atomic mass is 32.2. The average Bonchev–Trinajstić information content (AvgIpc) is 2.45. The molecule has 0 aliphatic heterocycles. The molecule has 0 atom stereocenters. The molecule has 3 N–H and O–H groups in total. The molecule has 21 heavy (non-hydrogen) atoms.